The van der Waals surface area contributed by atoms with Crippen LogP contribution in [0, 0.1) is 0 Å². The largest absolute Gasteiger partial charge is 0.493 e. The molecule has 7 heteroatoms. The molecule has 1 aliphatic heterocycles. The van der Waals surface area contributed by atoms with Crippen LogP contribution in [-0.4, -0.2) is 37.5 Å². The number of amides is 2. The number of hydrogen-bond acceptors (Lipinski definition) is 4. The van der Waals surface area contributed by atoms with E-state index in [0.717, 1.165) is 21.2 Å². The van der Waals surface area contributed by atoms with Crippen molar-refractivity contribution in [1.82, 2.24) is 4.90 Å². The lowest BCUT2D eigenvalue weighted by molar-refractivity contribution is -0.135. The minimum atomic E-state index is -0.407. The fourth-order valence-corrected chi connectivity index (χ4v) is 4.35. The lowest BCUT2D eigenvalue weighted by atomic mass is 9.95. The highest BCUT2D eigenvalue weighted by Gasteiger charge is 2.33. The van der Waals surface area contributed by atoms with Crippen molar-refractivity contribution >= 4 is 33.4 Å². The average molecular weight is 495 g/mol. The van der Waals surface area contributed by atoms with E-state index in [2.05, 4.69) is 21.2 Å². The Bertz CT molecular complexity index is 1150. The molecule has 0 radical (unpaired) electrons. The van der Waals surface area contributed by atoms with Gasteiger partial charge in [-0.2, -0.15) is 0 Å². The molecule has 3 aromatic rings. The molecular weight excluding hydrogens is 472 g/mol. The van der Waals surface area contributed by atoms with E-state index in [-0.39, 0.29) is 24.8 Å². The van der Waals surface area contributed by atoms with E-state index in [1.165, 1.54) is 0 Å². The van der Waals surface area contributed by atoms with E-state index < -0.39 is 6.04 Å². The quantitative estimate of drug-likeness (QED) is 0.563. The van der Waals surface area contributed by atoms with Crippen molar-refractivity contribution in [2.24, 2.45) is 0 Å². The number of halogens is 1. The topological polar surface area (TPSA) is 67.9 Å². The zero-order valence-electron chi connectivity index (χ0n) is 17.8. The zero-order chi connectivity index (χ0) is 22.7. The van der Waals surface area contributed by atoms with Gasteiger partial charge in [-0.1, -0.05) is 52.3 Å². The molecule has 0 saturated carbocycles. The van der Waals surface area contributed by atoms with E-state index in [9.17, 15) is 9.59 Å². The molecule has 0 unspecified atom stereocenters. The van der Waals surface area contributed by atoms with Crippen molar-refractivity contribution in [1.29, 1.82) is 0 Å². The van der Waals surface area contributed by atoms with Gasteiger partial charge in [0.2, 0.25) is 11.8 Å². The number of hydrogen-bond donors (Lipinski definition) is 1. The monoisotopic (exact) mass is 494 g/mol. The van der Waals surface area contributed by atoms with Crippen LogP contribution < -0.4 is 14.8 Å². The molecule has 3 aromatic carbocycles. The highest BCUT2D eigenvalue weighted by atomic mass is 79.9. The molecule has 0 saturated heterocycles. The molecule has 2 amide bonds. The van der Waals surface area contributed by atoms with Crippen molar-refractivity contribution in [2.45, 2.75) is 12.5 Å². The number of carbonyl (C=O) groups excluding carboxylic acids is 2. The van der Waals surface area contributed by atoms with E-state index in [0.29, 0.717) is 17.2 Å². The highest BCUT2D eigenvalue weighted by molar-refractivity contribution is 9.10. The minimum Gasteiger partial charge on any atom is -0.493 e. The number of fused-ring (bicyclic) bond motifs is 1. The van der Waals surface area contributed by atoms with Crippen LogP contribution in [0.2, 0.25) is 0 Å². The van der Waals surface area contributed by atoms with Crippen molar-refractivity contribution < 1.29 is 19.1 Å². The Morgan fingerprint density at radius 2 is 1.78 bits per heavy atom. The molecule has 1 heterocycles. The molecule has 164 valence electrons. The van der Waals surface area contributed by atoms with E-state index in [1.807, 2.05) is 54.6 Å². The number of rotatable bonds is 5. The predicted octanol–water partition coefficient (Wildman–Crippen LogP) is 4.58. The molecule has 1 aliphatic rings. The minimum absolute atomic E-state index is 0.0437. The zero-order valence-corrected chi connectivity index (χ0v) is 19.4. The summed E-state index contributed by atoms with van der Waals surface area (Å²) in [6.07, 6.45) is 0.125. The average Bonchev–Trinajstić information content (AvgIpc) is 2.95. The Balaban J connectivity index is 1.75. The lowest BCUT2D eigenvalue weighted by Gasteiger charge is -2.31. The molecule has 0 spiro atoms. The second kappa shape index (κ2) is 9.44. The van der Waals surface area contributed by atoms with Gasteiger partial charge in [-0.05, 0) is 41.5 Å². The molecular formula is C25H23BrN2O4. The van der Waals surface area contributed by atoms with Gasteiger partial charge in [0.25, 0.3) is 0 Å². The van der Waals surface area contributed by atoms with Crippen LogP contribution in [0.1, 0.15) is 22.7 Å². The van der Waals surface area contributed by atoms with Gasteiger partial charge in [-0.25, -0.2) is 0 Å². The first-order valence-electron chi connectivity index (χ1n) is 10.1. The number of anilines is 1. The summed E-state index contributed by atoms with van der Waals surface area (Å²) in [6, 6.07) is 20.4. The fraction of sp³-hybridized carbons (Fsp3) is 0.200. The van der Waals surface area contributed by atoms with Crippen LogP contribution in [-0.2, 0) is 16.0 Å². The summed E-state index contributed by atoms with van der Waals surface area (Å²) in [7, 11) is 3.13. The summed E-state index contributed by atoms with van der Waals surface area (Å²) in [5.41, 5.74) is 3.27. The van der Waals surface area contributed by atoms with Crippen LogP contribution in [0.3, 0.4) is 0 Å². The van der Waals surface area contributed by atoms with Gasteiger partial charge < -0.3 is 19.7 Å². The molecule has 0 aromatic heterocycles. The molecule has 0 bridgehead atoms. The Kier molecular flexibility index (Phi) is 6.46. The van der Waals surface area contributed by atoms with Crippen LogP contribution >= 0.6 is 15.9 Å². The van der Waals surface area contributed by atoms with Gasteiger partial charge in [-0.3, -0.25) is 9.59 Å². The SMILES string of the molecule is COc1ccc(CC(=O)N2CC(=O)Nc3ccc(Br)cc3[C@@H]2c2ccccc2)cc1OC. The van der Waals surface area contributed by atoms with Crippen molar-refractivity contribution in [3.63, 3.8) is 0 Å². The standard InChI is InChI=1S/C25H23BrN2O4/c1-31-21-11-8-16(12-22(21)32-2)13-24(30)28-15-23(29)27-20-10-9-18(26)14-19(20)25(28)17-6-4-3-5-7-17/h3-12,14,25H,13,15H2,1-2H3,(H,27,29)/t25-/m0/s1. The number of methoxy groups -OCH3 is 2. The second-order valence-corrected chi connectivity index (χ2v) is 8.40. The van der Waals surface area contributed by atoms with E-state index >= 15 is 0 Å². The Morgan fingerprint density at radius 1 is 1.03 bits per heavy atom. The number of carbonyl (C=O) groups is 2. The van der Waals surface area contributed by atoms with Gasteiger partial charge in [0.15, 0.2) is 11.5 Å². The van der Waals surface area contributed by atoms with Crippen LogP contribution in [0.15, 0.2) is 71.2 Å². The van der Waals surface area contributed by atoms with Crippen LogP contribution in [0.5, 0.6) is 11.5 Å². The van der Waals surface area contributed by atoms with Crippen molar-refractivity contribution in [3.8, 4) is 11.5 Å². The highest BCUT2D eigenvalue weighted by Crippen LogP contribution is 2.38. The van der Waals surface area contributed by atoms with E-state index in [1.54, 1.807) is 31.3 Å². The summed E-state index contributed by atoms with van der Waals surface area (Å²) >= 11 is 3.53. The van der Waals surface area contributed by atoms with Crippen LogP contribution in [0.4, 0.5) is 5.69 Å². The van der Waals surface area contributed by atoms with Gasteiger partial charge in [0, 0.05) is 15.7 Å². The summed E-state index contributed by atoms with van der Waals surface area (Å²) in [5, 5.41) is 2.94. The maximum absolute atomic E-state index is 13.6. The molecule has 4 rings (SSSR count). The third-order valence-corrected chi connectivity index (χ3v) is 5.94. The summed E-state index contributed by atoms with van der Waals surface area (Å²) in [4.78, 5) is 27.9. The number of nitrogens with zero attached hydrogens (tertiary/aromatic N) is 1. The van der Waals surface area contributed by atoms with Crippen molar-refractivity contribution in [2.75, 3.05) is 26.1 Å². The first-order valence-corrected chi connectivity index (χ1v) is 10.9. The maximum atomic E-state index is 13.6. The number of nitrogens with one attached hydrogen (secondary N) is 1. The molecule has 0 fully saturated rings. The number of ether oxygens (including phenoxy) is 2. The first kappa shape index (κ1) is 21.9. The van der Waals surface area contributed by atoms with Gasteiger partial charge in [0.1, 0.15) is 6.54 Å². The van der Waals surface area contributed by atoms with Crippen LogP contribution in [0.25, 0.3) is 0 Å². The summed E-state index contributed by atoms with van der Waals surface area (Å²) in [6.45, 7) is -0.0437. The third-order valence-electron chi connectivity index (χ3n) is 5.45. The maximum Gasteiger partial charge on any atom is 0.244 e. The second-order valence-electron chi connectivity index (χ2n) is 7.48. The number of benzene rings is 3. The lowest BCUT2D eigenvalue weighted by Crippen LogP contribution is -2.39. The molecule has 1 atom stereocenters. The van der Waals surface area contributed by atoms with Gasteiger partial charge in [0.05, 0.1) is 26.7 Å². The first-order chi connectivity index (χ1) is 15.5. The Hall–Kier alpha value is -3.32. The summed E-state index contributed by atoms with van der Waals surface area (Å²) in [5.74, 6) is 0.765. The predicted molar refractivity (Wildman–Crippen MR) is 126 cm³/mol. The Morgan fingerprint density at radius 3 is 2.50 bits per heavy atom. The smallest absolute Gasteiger partial charge is 0.244 e. The third kappa shape index (κ3) is 4.48. The molecule has 0 aliphatic carbocycles. The molecule has 6 nitrogen and oxygen atoms in total. The van der Waals surface area contributed by atoms with Gasteiger partial charge >= 0.3 is 0 Å². The van der Waals surface area contributed by atoms with E-state index in [4.69, 9.17) is 9.47 Å². The molecule has 32 heavy (non-hydrogen) atoms. The van der Waals surface area contributed by atoms with Gasteiger partial charge in [-0.15, -0.1) is 0 Å². The summed E-state index contributed by atoms with van der Waals surface area (Å²) < 4.78 is 11.5. The normalized spacial score (nSPS) is 15.4. The molecule has 1 N–H and O–H groups in total. The fourth-order valence-electron chi connectivity index (χ4n) is 3.97. The van der Waals surface area contributed by atoms with Crippen molar-refractivity contribution in [3.05, 3.63) is 87.9 Å². The Labute approximate surface area is 195 Å².